The first kappa shape index (κ1) is 27.9. The quantitative estimate of drug-likeness (QED) is 0.249. The van der Waals surface area contributed by atoms with Crippen molar-refractivity contribution in [3.8, 4) is 5.75 Å². The van der Waals surface area contributed by atoms with Crippen molar-refractivity contribution in [3.05, 3.63) is 29.3 Å². The normalized spacial score (nSPS) is 12.4. The standard InChI is InChI=1S/C22H38O4S.Na/c1-4-7-9-11-13-19-15-16-20(14-12-10-8-5-2)22(17-19)26-18-21(6-3)27(23,24)25;/h15-17,21H,4-14,18H2,1-3H3,(H,23,24,25);/q;+1/p-1. The van der Waals surface area contributed by atoms with E-state index in [1.807, 2.05) is 6.07 Å². The number of rotatable bonds is 15. The number of unbranched alkanes of at least 4 members (excludes halogenated alkanes) is 6. The second-order valence-electron chi connectivity index (χ2n) is 7.40. The zero-order chi connectivity index (χ0) is 20.1. The molecule has 1 rings (SSSR count). The maximum atomic E-state index is 11.3. The Morgan fingerprint density at radius 3 is 2.07 bits per heavy atom. The molecule has 0 aromatic heterocycles. The van der Waals surface area contributed by atoms with Crippen LogP contribution < -0.4 is 34.3 Å². The molecule has 0 amide bonds. The Morgan fingerprint density at radius 1 is 0.929 bits per heavy atom. The smallest absolute Gasteiger partial charge is 0.748 e. The van der Waals surface area contributed by atoms with Gasteiger partial charge >= 0.3 is 29.6 Å². The van der Waals surface area contributed by atoms with Gasteiger partial charge in [-0.2, -0.15) is 0 Å². The predicted octanol–water partition coefficient (Wildman–Crippen LogP) is 2.64. The van der Waals surface area contributed by atoms with Gasteiger partial charge in [0.25, 0.3) is 0 Å². The van der Waals surface area contributed by atoms with Crippen LogP contribution in [0.4, 0.5) is 0 Å². The third kappa shape index (κ3) is 11.2. The Hall–Kier alpha value is -0.0700. The number of aryl methyl sites for hydroxylation is 2. The fourth-order valence-corrected chi connectivity index (χ4v) is 3.82. The topological polar surface area (TPSA) is 66.4 Å². The molecule has 0 aliphatic heterocycles. The molecule has 6 heteroatoms. The average Bonchev–Trinajstić information content (AvgIpc) is 2.63. The van der Waals surface area contributed by atoms with Gasteiger partial charge in [-0.15, -0.1) is 0 Å². The van der Waals surface area contributed by atoms with Crippen molar-refractivity contribution < 1.29 is 47.3 Å². The summed E-state index contributed by atoms with van der Waals surface area (Å²) < 4.78 is 39.9. The molecule has 0 aliphatic rings. The average molecular weight is 421 g/mol. The summed E-state index contributed by atoms with van der Waals surface area (Å²) in [6.45, 7) is 6.03. The van der Waals surface area contributed by atoms with E-state index in [0.29, 0.717) is 0 Å². The molecule has 0 saturated carbocycles. The maximum Gasteiger partial charge on any atom is 1.00 e. The van der Waals surface area contributed by atoms with Crippen LogP contribution in [0, 0.1) is 0 Å². The Balaban J connectivity index is 0.00000729. The molecular formula is C22H37NaO4S. The third-order valence-corrected chi connectivity index (χ3v) is 6.32. The second-order valence-corrected chi connectivity index (χ2v) is 9.05. The summed E-state index contributed by atoms with van der Waals surface area (Å²) in [5, 5.41) is -0.987. The second kappa shape index (κ2) is 15.7. The molecule has 0 spiro atoms. The summed E-state index contributed by atoms with van der Waals surface area (Å²) in [5.74, 6) is 0.751. The summed E-state index contributed by atoms with van der Waals surface area (Å²) in [6.07, 6.45) is 11.7. The third-order valence-electron chi connectivity index (χ3n) is 5.04. The van der Waals surface area contributed by atoms with Crippen molar-refractivity contribution >= 4 is 10.1 Å². The molecule has 0 N–H and O–H groups in total. The van der Waals surface area contributed by atoms with Gasteiger partial charge in [0.2, 0.25) is 0 Å². The SMILES string of the molecule is CCCCCCc1ccc(CCCCCC)c(OCC(CC)S(=O)(=O)[O-])c1.[Na+]. The summed E-state index contributed by atoms with van der Waals surface area (Å²) in [5.41, 5.74) is 2.33. The number of hydrogen-bond acceptors (Lipinski definition) is 4. The van der Waals surface area contributed by atoms with Crippen molar-refractivity contribution in [3.63, 3.8) is 0 Å². The molecule has 0 radical (unpaired) electrons. The largest absolute Gasteiger partial charge is 1.00 e. The molecule has 0 saturated heterocycles. The van der Waals surface area contributed by atoms with E-state index in [9.17, 15) is 13.0 Å². The van der Waals surface area contributed by atoms with E-state index in [1.165, 1.54) is 44.1 Å². The van der Waals surface area contributed by atoms with E-state index in [0.717, 1.165) is 37.0 Å². The van der Waals surface area contributed by atoms with Crippen molar-refractivity contribution in [2.75, 3.05) is 6.61 Å². The minimum Gasteiger partial charge on any atom is -0.748 e. The molecule has 0 fully saturated rings. The Kier molecular flexibility index (Phi) is 15.7. The zero-order valence-electron chi connectivity index (χ0n) is 18.3. The van der Waals surface area contributed by atoms with Gasteiger partial charge in [-0.05, 0) is 49.3 Å². The van der Waals surface area contributed by atoms with Gasteiger partial charge in [-0.3, -0.25) is 0 Å². The molecule has 4 nitrogen and oxygen atoms in total. The Labute approximate surface area is 194 Å². The van der Waals surface area contributed by atoms with Gasteiger partial charge in [0, 0.05) is 0 Å². The maximum absolute atomic E-state index is 11.3. The minimum atomic E-state index is -4.33. The van der Waals surface area contributed by atoms with Crippen LogP contribution in [-0.4, -0.2) is 24.8 Å². The van der Waals surface area contributed by atoms with Crippen LogP contribution >= 0.6 is 0 Å². The first-order valence-electron chi connectivity index (χ1n) is 10.6. The van der Waals surface area contributed by atoms with Crippen LogP contribution in [-0.2, 0) is 23.0 Å². The van der Waals surface area contributed by atoms with Crippen LogP contribution in [0.2, 0.25) is 0 Å². The van der Waals surface area contributed by atoms with Crippen molar-refractivity contribution in [1.29, 1.82) is 0 Å². The molecule has 1 unspecified atom stereocenters. The van der Waals surface area contributed by atoms with Gasteiger partial charge in [-0.1, -0.05) is 71.4 Å². The molecule has 1 atom stereocenters. The van der Waals surface area contributed by atoms with Gasteiger partial charge < -0.3 is 9.29 Å². The first-order chi connectivity index (χ1) is 12.9. The van der Waals surface area contributed by atoms with Crippen LogP contribution in [0.3, 0.4) is 0 Å². The molecule has 0 aliphatic carbocycles. The number of hydrogen-bond donors (Lipinski definition) is 0. The van der Waals surface area contributed by atoms with Gasteiger partial charge in [-0.25, -0.2) is 8.42 Å². The van der Waals surface area contributed by atoms with E-state index in [4.69, 9.17) is 4.74 Å². The first-order valence-corrected chi connectivity index (χ1v) is 12.1. The van der Waals surface area contributed by atoms with Crippen LogP contribution in [0.15, 0.2) is 18.2 Å². The fourth-order valence-electron chi connectivity index (χ4n) is 3.18. The van der Waals surface area contributed by atoms with Gasteiger partial charge in [0.15, 0.2) is 0 Å². The van der Waals surface area contributed by atoms with Gasteiger partial charge in [0.1, 0.15) is 22.5 Å². The summed E-state index contributed by atoms with van der Waals surface area (Å²) in [4.78, 5) is 0. The molecular weight excluding hydrogens is 383 g/mol. The Bertz CT molecular complexity index is 631. The van der Waals surface area contributed by atoms with Crippen LogP contribution in [0.1, 0.15) is 89.7 Å². The van der Waals surface area contributed by atoms with Crippen LogP contribution in [0.5, 0.6) is 5.75 Å². The molecule has 0 bridgehead atoms. The number of ether oxygens (including phenoxy) is 1. The molecule has 28 heavy (non-hydrogen) atoms. The van der Waals surface area contributed by atoms with E-state index >= 15 is 0 Å². The molecule has 0 heterocycles. The summed E-state index contributed by atoms with van der Waals surface area (Å²) in [6, 6.07) is 6.32. The molecule has 156 valence electrons. The predicted molar refractivity (Wildman–Crippen MR) is 111 cm³/mol. The number of benzene rings is 1. The van der Waals surface area contributed by atoms with E-state index in [1.54, 1.807) is 6.92 Å². The van der Waals surface area contributed by atoms with Crippen LogP contribution in [0.25, 0.3) is 0 Å². The van der Waals surface area contributed by atoms with E-state index in [2.05, 4.69) is 26.0 Å². The Morgan fingerprint density at radius 2 is 1.54 bits per heavy atom. The monoisotopic (exact) mass is 420 g/mol. The molecule has 1 aromatic rings. The summed E-state index contributed by atoms with van der Waals surface area (Å²) in [7, 11) is -4.33. The van der Waals surface area contributed by atoms with E-state index in [-0.39, 0.29) is 42.6 Å². The van der Waals surface area contributed by atoms with E-state index < -0.39 is 15.4 Å². The fraction of sp³-hybridized carbons (Fsp3) is 0.727. The zero-order valence-corrected chi connectivity index (χ0v) is 21.2. The molecule has 1 aromatic carbocycles. The van der Waals surface area contributed by atoms with Crippen molar-refractivity contribution in [2.45, 2.75) is 96.7 Å². The van der Waals surface area contributed by atoms with Crippen molar-refractivity contribution in [1.82, 2.24) is 0 Å². The van der Waals surface area contributed by atoms with Crippen molar-refractivity contribution in [2.24, 2.45) is 0 Å². The van der Waals surface area contributed by atoms with Gasteiger partial charge in [0.05, 0.1) is 5.25 Å². The summed E-state index contributed by atoms with van der Waals surface area (Å²) >= 11 is 0. The minimum absolute atomic E-state index is 0.